The third kappa shape index (κ3) is 4.71. The molecule has 0 unspecified atom stereocenters. The van der Waals surface area contributed by atoms with Gasteiger partial charge in [0, 0.05) is 23.6 Å². The molecule has 3 aromatic rings. The summed E-state index contributed by atoms with van der Waals surface area (Å²) < 4.78 is 25.9. The molecule has 136 valence electrons. The fraction of sp³-hybridized carbons (Fsp3) is 0.211. The van der Waals surface area contributed by atoms with Gasteiger partial charge in [-0.3, -0.25) is 4.79 Å². The second-order valence-electron chi connectivity index (χ2n) is 6.21. The molecule has 0 saturated heterocycles. The lowest BCUT2D eigenvalue weighted by Crippen LogP contribution is -2.47. The summed E-state index contributed by atoms with van der Waals surface area (Å²) in [5, 5.41) is 3.78. The smallest absolute Gasteiger partial charge is 0.238 e. The highest BCUT2D eigenvalue weighted by atomic mass is 32.2. The molecule has 1 aromatic heterocycles. The summed E-state index contributed by atoms with van der Waals surface area (Å²) in [7, 11) is -3.53. The van der Waals surface area contributed by atoms with Crippen molar-refractivity contribution in [1.29, 1.82) is 0 Å². The zero-order valence-corrected chi connectivity index (χ0v) is 15.2. The molecule has 3 N–H and O–H groups in total. The third-order valence-electron chi connectivity index (χ3n) is 4.08. The molecule has 0 bridgehead atoms. The number of aromatic nitrogens is 1. The van der Waals surface area contributed by atoms with Crippen molar-refractivity contribution in [1.82, 2.24) is 15.0 Å². The molecule has 1 heterocycles. The van der Waals surface area contributed by atoms with Crippen molar-refractivity contribution in [3.63, 3.8) is 0 Å². The van der Waals surface area contributed by atoms with Crippen molar-refractivity contribution in [3.05, 3.63) is 71.9 Å². The van der Waals surface area contributed by atoms with Crippen LogP contribution in [-0.2, 0) is 27.8 Å². The Morgan fingerprint density at radius 3 is 2.50 bits per heavy atom. The lowest BCUT2D eigenvalue weighted by molar-refractivity contribution is -0.122. The first-order chi connectivity index (χ1) is 12.4. The van der Waals surface area contributed by atoms with E-state index in [9.17, 15) is 13.2 Å². The van der Waals surface area contributed by atoms with Crippen LogP contribution in [-0.4, -0.2) is 31.6 Å². The zero-order valence-electron chi connectivity index (χ0n) is 14.4. The van der Waals surface area contributed by atoms with Crippen LogP contribution in [0.2, 0.25) is 0 Å². The van der Waals surface area contributed by atoms with Crippen LogP contribution >= 0.6 is 0 Å². The molecule has 1 atom stereocenters. The Morgan fingerprint density at radius 1 is 1.08 bits per heavy atom. The van der Waals surface area contributed by atoms with Gasteiger partial charge >= 0.3 is 0 Å². The molecule has 26 heavy (non-hydrogen) atoms. The first kappa shape index (κ1) is 18.2. The van der Waals surface area contributed by atoms with Crippen molar-refractivity contribution in [3.8, 4) is 0 Å². The molecule has 7 heteroatoms. The van der Waals surface area contributed by atoms with Gasteiger partial charge in [0.2, 0.25) is 15.9 Å². The van der Waals surface area contributed by atoms with Crippen LogP contribution in [0.5, 0.6) is 0 Å². The van der Waals surface area contributed by atoms with Gasteiger partial charge < -0.3 is 10.3 Å². The normalized spacial score (nSPS) is 12.8. The summed E-state index contributed by atoms with van der Waals surface area (Å²) in [5.74, 6) is -0.357. The lowest BCUT2D eigenvalue weighted by Gasteiger charge is -2.17. The number of hydrogen-bond acceptors (Lipinski definition) is 3. The van der Waals surface area contributed by atoms with E-state index in [1.54, 1.807) is 0 Å². The average molecular weight is 371 g/mol. The second kappa shape index (κ2) is 7.72. The third-order valence-corrected chi connectivity index (χ3v) is 4.79. The van der Waals surface area contributed by atoms with Crippen LogP contribution in [0.15, 0.2) is 60.8 Å². The second-order valence-corrected chi connectivity index (χ2v) is 7.99. The van der Waals surface area contributed by atoms with Crippen molar-refractivity contribution in [2.45, 2.75) is 19.0 Å². The monoisotopic (exact) mass is 371 g/mol. The minimum Gasteiger partial charge on any atom is -0.361 e. The Kier molecular flexibility index (Phi) is 5.39. The van der Waals surface area contributed by atoms with Gasteiger partial charge in [-0.15, -0.1) is 0 Å². The zero-order chi connectivity index (χ0) is 18.6. The minimum absolute atomic E-state index is 0.262. The maximum Gasteiger partial charge on any atom is 0.238 e. The molecular formula is C19H21N3O3S. The quantitative estimate of drug-likeness (QED) is 0.593. The predicted molar refractivity (Wildman–Crippen MR) is 102 cm³/mol. The van der Waals surface area contributed by atoms with Gasteiger partial charge in [-0.25, -0.2) is 13.1 Å². The summed E-state index contributed by atoms with van der Waals surface area (Å²) in [4.78, 5) is 15.8. The molecule has 6 nitrogen and oxygen atoms in total. The fourth-order valence-electron chi connectivity index (χ4n) is 2.87. The van der Waals surface area contributed by atoms with Crippen molar-refractivity contribution < 1.29 is 13.2 Å². The van der Waals surface area contributed by atoms with Crippen LogP contribution in [0.1, 0.15) is 11.1 Å². The number of carbonyl (C=O) groups excluding carboxylic acids is 1. The number of H-pyrrole nitrogens is 1. The van der Waals surface area contributed by atoms with Crippen LogP contribution < -0.4 is 10.0 Å². The number of benzene rings is 2. The number of aromatic amines is 1. The van der Waals surface area contributed by atoms with E-state index in [-0.39, 0.29) is 12.3 Å². The lowest BCUT2D eigenvalue weighted by atomic mass is 10.0. The molecule has 0 saturated carbocycles. The van der Waals surface area contributed by atoms with Crippen molar-refractivity contribution in [2.75, 3.05) is 6.26 Å². The number of hydrogen-bond donors (Lipinski definition) is 3. The largest absolute Gasteiger partial charge is 0.361 e. The van der Waals surface area contributed by atoms with E-state index in [4.69, 9.17) is 0 Å². The van der Waals surface area contributed by atoms with E-state index < -0.39 is 16.1 Å². The molecule has 0 aliphatic heterocycles. The van der Waals surface area contributed by atoms with Gasteiger partial charge in [0.15, 0.2) is 0 Å². The Hall–Kier alpha value is -2.64. The van der Waals surface area contributed by atoms with Crippen LogP contribution in [0, 0.1) is 0 Å². The standard InChI is InChI=1S/C19H21N3O3S/c1-26(24,25)22-18(19(23)21-12-14-7-3-2-4-8-14)11-15-13-20-17-10-6-5-9-16(15)17/h2-10,13,18,20,22H,11-12H2,1H3,(H,21,23)/t18-/m0/s1. The molecule has 0 aliphatic carbocycles. The molecule has 1 amide bonds. The molecule has 0 spiro atoms. The molecule has 0 radical (unpaired) electrons. The number of carbonyl (C=O) groups is 1. The summed E-state index contributed by atoms with van der Waals surface area (Å²) in [6.07, 6.45) is 3.13. The topological polar surface area (TPSA) is 91.1 Å². The van der Waals surface area contributed by atoms with Crippen LogP contribution in [0.25, 0.3) is 10.9 Å². The van der Waals surface area contributed by atoms with Gasteiger partial charge in [-0.1, -0.05) is 48.5 Å². The first-order valence-electron chi connectivity index (χ1n) is 8.26. The van der Waals surface area contributed by atoms with E-state index in [1.165, 1.54) is 0 Å². The van der Waals surface area contributed by atoms with Crippen molar-refractivity contribution >= 4 is 26.8 Å². The summed E-state index contributed by atoms with van der Waals surface area (Å²) in [5.41, 5.74) is 2.79. The number of para-hydroxylation sites is 1. The highest BCUT2D eigenvalue weighted by molar-refractivity contribution is 7.88. The summed E-state index contributed by atoms with van der Waals surface area (Å²) >= 11 is 0. The number of fused-ring (bicyclic) bond motifs is 1. The van der Waals surface area contributed by atoms with Gasteiger partial charge in [0.05, 0.1) is 6.26 Å². The van der Waals surface area contributed by atoms with Gasteiger partial charge in [-0.2, -0.15) is 0 Å². The Morgan fingerprint density at radius 2 is 1.77 bits per heavy atom. The maximum absolute atomic E-state index is 12.6. The fourth-order valence-corrected chi connectivity index (χ4v) is 3.58. The van der Waals surface area contributed by atoms with Crippen LogP contribution in [0.3, 0.4) is 0 Å². The highest BCUT2D eigenvalue weighted by Crippen LogP contribution is 2.19. The molecule has 0 fully saturated rings. The van der Waals surface area contributed by atoms with Crippen molar-refractivity contribution in [2.24, 2.45) is 0 Å². The summed E-state index contributed by atoms with van der Waals surface area (Å²) in [6, 6.07) is 16.3. The number of amides is 1. The van der Waals surface area contributed by atoms with Gasteiger partial charge in [0.25, 0.3) is 0 Å². The average Bonchev–Trinajstić information content (AvgIpc) is 3.02. The predicted octanol–water partition coefficient (Wildman–Crippen LogP) is 1.94. The van der Waals surface area contributed by atoms with Gasteiger partial charge in [0.1, 0.15) is 6.04 Å². The Labute approximate surface area is 152 Å². The molecular weight excluding hydrogens is 350 g/mol. The maximum atomic E-state index is 12.6. The van der Waals surface area contributed by atoms with E-state index in [1.807, 2.05) is 60.8 Å². The first-order valence-corrected chi connectivity index (χ1v) is 10.2. The summed E-state index contributed by atoms with van der Waals surface area (Å²) in [6.45, 7) is 0.343. The molecule has 2 aromatic carbocycles. The van der Waals surface area contributed by atoms with E-state index in [0.29, 0.717) is 6.54 Å². The number of sulfonamides is 1. The van der Waals surface area contributed by atoms with Gasteiger partial charge in [-0.05, 0) is 23.6 Å². The highest BCUT2D eigenvalue weighted by Gasteiger charge is 2.23. The Balaban J connectivity index is 1.77. The van der Waals surface area contributed by atoms with E-state index in [0.717, 1.165) is 28.3 Å². The van der Waals surface area contributed by atoms with E-state index in [2.05, 4.69) is 15.0 Å². The minimum atomic E-state index is -3.53. The number of nitrogens with one attached hydrogen (secondary N) is 3. The molecule has 0 aliphatic rings. The van der Waals surface area contributed by atoms with Crippen LogP contribution in [0.4, 0.5) is 0 Å². The Bertz CT molecular complexity index is 997. The number of rotatable bonds is 7. The molecule has 3 rings (SSSR count). The van der Waals surface area contributed by atoms with E-state index >= 15 is 0 Å². The SMILES string of the molecule is CS(=O)(=O)N[C@@H](Cc1c[nH]c2ccccc12)C(=O)NCc1ccccc1.